The highest BCUT2D eigenvalue weighted by Crippen LogP contribution is 2.23. The molecule has 0 saturated heterocycles. The van der Waals surface area contributed by atoms with Crippen molar-refractivity contribution < 1.29 is 13.9 Å². The van der Waals surface area contributed by atoms with Crippen molar-refractivity contribution in [3.63, 3.8) is 0 Å². The number of anilines is 2. The zero-order chi connectivity index (χ0) is 20.9. The molecule has 0 bridgehead atoms. The van der Waals surface area contributed by atoms with E-state index in [1.165, 1.54) is 12.1 Å². The number of carbonyl (C=O) groups is 1. The Bertz CT molecular complexity index is 1190. The topological polar surface area (TPSA) is 63.2 Å². The molecule has 0 radical (unpaired) electrons. The summed E-state index contributed by atoms with van der Waals surface area (Å²) in [5, 5.41) is 7.10. The number of nitrogens with one attached hydrogen (secondary N) is 2. The summed E-state index contributed by atoms with van der Waals surface area (Å²) in [7, 11) is 1.55. The summed E-state index contributed by atoms with van der Waals surface area (Å²) in [5.41, 5.74) is 3.46. The Morgan fingerprint density at radius 2 is 1.83 bits per heavy atom. The maximum Gasteiger partial charge on any atom is 0.255 e. The van der Waals surface area contributed by atoms with Crippen LogP contribution in [-0.4, -0.2) is 18.0 Å². The van der Waals surface area contributed by atoms with Crippen LogP contribution in [0.3, 0.4) is 0 Å². The Balaban J connectivity index is 1.44. The van der Waals surface area contributed by atoms with Gasteiger partial charge in [-0.1, -0.05) is 18.2 Å². The molecule has 0 saturated carbocycles. The molecule has 0 aliphatic carbocycles. The number of pyridine rings is 1. The average Bonchev–Trinajstić information content (AvgIpc) is 2.78. The molecular weight excluding hydrogens is 381 g/mol. The molecule has 3 aromatic carbocycles. The maximum atomic E-state index is 13.5. The number of amides is 1. The maximum absolute atomic E-state index is 13.5. The van der Waals surface area contributed by atoms with Gasteiger partial charge in [0, 0.05) is 34.9 Å². The third-order valence-electron chi connectivity index (χ3n) is 4.75. The second-order valence-electron chi connectivity index (χ2n) is 6.72. The van der Waals surface area contributed by atoms with Crippen LogP contribution in [0, 0.1) is 5.82 Å². The van der Waals surface area contributed by atoms with E-state index in [1.54, 1.807) is 31.5 Å². The molecule has 2 N–H and O–H groups in total. The van der Waals surface area contributed by atoms with Gasteiger partial charge < -0.3 is 15.4 Å². The van der Waals surface area contributed by atoms with Gasteiger partial charge in [-0.2, -0.15) is 0 Å². The number of fused-ring (bicyclic) bond motifs is 1. The first-order valence-electron chi connectivity index (χ1n) is 9.45. The van der Waals surface area contributed by atoms with Crippen molar-refractivity contribution in [1.29, 1.82) is 0 Å². The van der Waals surface area contributed by atoms with Crippen LogP contribution >= 0.6 is 0 Å². The number of halogens is 1. The first kappa shape index (κ1) is 19.4. The van der Waals surface area contributed by atoms with Crippen molar-refractivity contribution in [2.75, 3.05) is 17.7 Å². The van der Waals surface area contributed by atoms with Crippen molar-refractivity contribution in [3.8, 4) is 5.75 Å². The monoisotopic (exact) mass is 401 g/mol. The van der Waals surface area contributed by atoms with Gasteiger partial charge in [0.05, 0.1) is 18.3 Å². The molecule has 1 amide bonds. The van der Waals surface area contributed by atoms with Gasteiger partial charge in [-0.15, -0.1) is 0 Å². The van der Waals surface area contributed by atoms with E-state index in [0.29, 0.717) is 29.1 Å². The smallest absolute Gasteiger partial charge is 0.255 e. The van der Waals surface area contributed by atoms with Gasteiger partial charge in [0.2, 0.25) is 0 Å². The molecule has 4 aromatic rings. The molecule has 1 aromatic heterocycles. The number of hydrogen-bond donors (Lipinski definition) is 2. The number of para-hydroxylation sites is 1. The number of nitrogens with zero attached hydrogens (tertiary/aromatic N) is 1. The summed E-state index contributed by atoms with van der Waals surface area (Å²) in [6, 6.07) is 21.0. The van der Waals surface area contributed by atoms with E-state index in [1.807, 2.05) is 42.5 Å². The molecule has 30 heavy (non-hydrogen) atoms. The lowest BCUT2D eigenvalue weighted by Crippen LogP contribution is -2.12. The van der Waals surface area contributed by atoms with Crippen LogP contribution in [0.5, 0.6) is 5.75 Å². The number of hydrogen-bond acceptors (Lipinski definition) is 4. The number of methoxy groups -OCH3 is 1. The molecule has 0 fully saturated rings. The molecule has 0 atom stereocenters. The lowest BCUT2D eigenvalue weighted by Gasteiger charge is -2.12. The molecule has 0 aliphatic heterocycles. The predicted octanol–water partition coefficient (Wildman–Crippen LogP) is 5.25. The minimum atomic E-state index is -0.317. The first-order chi connectivity index (χ1) is 14.6. The minimum Gasteiger partial charge on any atom is -0.496 e. The van der Waals surface area contributed by atoms with Crippen molar-refractivity contribution >= 4 is 28.2 Å². The minimum absolute atomic E-state index is 0.216. The molecule has 0 unspecified atom stereocenters. The number of aromatic nitrogens is 1. The normalized spacial score (nSPS) is 10.6. The second kappa shape index (κ2) is 8.61. The largest absolute Gasteiger partial charge is 0.496 e. The summed E-state index contributed by atoms with van der Waals surface area (Å²) < 4.78 is 18.8. The summed E-state index contributed by atoms with van der Waals surface area (Å²) in [5.74, 6) is 0.0812. The Morgan fingerprint density at radius 3 is 2.63 bits per heavy atom. The third kappa shape index (κ3) is 4.22. The Morgan fingerprint density at radius 1 is 1.03 bits per heavy atom. The standard InChI is InChI=1S/C24H20FN3O2/c1-30-22-12-9-19(25)14-18(22)15-27-20-10-7-17(8-11-20)24(29)28-21-6-2-4-16-5-3-13-26-23(16)21/h2-14,27H,15H2,1H3,(H,28,29). The predicted molar refractivity (Wildman–Crippen MR) is 116 cm³/mol. The first-order valence-corrected chi connectivity index (χ1v) is 9.45. The van der Waals surface area contributed by atoms with Crippen molar-refractivity contribution in [2.24, 2.45) is 0 Å². The van der Waals surface area contributed by atoms with Crippen LogP contribution in [-0.2, 0) is 6.54 Å². The zero-order valence-electron chi connectivity index (χ0n) is 16.4. The lowest BCUT2D eigenvalue weighted by atomic mass is 10.1. The van der Waals surface area contributed by atoms with E-state index < -0.39 is 0 Å². The molecule has 1 heterocycles. The highest BCUT2D eigenvalue weighted by atomic mass is 19.1. The van der Waals surface area contributed by atoms with Gasteiger partial charge in [0.15, 0.2) is 0 Å². The second-order valence-corrected chi connectivity index (χ2v) is 6.72. The van der Waals surface area contributed by atoms with Crippen molar-refractivity contribution in [2.45, 2.75) is 6.54 Å². The molecule has 0 spiro atoms. The van der Waals surface area contributed by atoms with Crippen molar-refractivity contribution in [1.82, 2.24) is 4.98 Å². The Labute approximate surface area is 173 Å². The highest BCUT2D eigenvalue weighted by Gasteiger charge is 2.10. The highest BCUT2D eigenvalue weighted by molar-refractivity contribution is 6.08. The van der Waals surface area contributed by atoms with E-state index in [4.69, 9.17) is 4.74 Å². The number of benzene rings is 3. The number of carbonyl (C=O) groups excluding carboxylic acids is 1. The Kier molecular flexibility index (Phi) is 5.57. The molecule has 0 aliphatic rings. The summed E-state index contributed by atoms with van der Waals surface area (Å²) in [6.45, 7) is 0.397. The van der Waals surface area contributed by atoms with Crippen LogP contribution in [0.4, 0.5) is 15.8 Å². The van der Waals surface area contributed by atoms with E-state index in [2.05, 4.69) is 15.6 Å². The van der Waals surface area contributed by atoms with Gasteiger partial charge in [0.1, 0.15) is 11.6 Å². The average molecular weight is 401 g/mol. The zero-order valence-corrected chi connectivity index (χ0v) is 16.4. The third-order valence-corrected chi connectivity index (χ3v) is 4.75. The fraction of sp³-hybridized carbons (Fsp3) is 0.0833. The van der Waals surface area contributed by atoms with Crippen LogP contribution in [0.25, 0.3) is 10.9 Å². The van der Waals surface area contributed by atoms with Crippen LogP contribution in [0.1, 0.15) is 15.9 Å². The van der Waals surface area contributed by atoms with Crippen LogP contribution < -0.4 is 15.4 Å². The molecule has 4 rings (SSSR count). The summed E-state index contributed by atoms with van der Waals surface area (Å²) in [4.78, 5) is 17.0. The van der Waals surface area contributed by atoms with Gasteiger partial charge in [-0.05, 0) is 54.6 Å². The van der Waals surface area contributed by atoms with Gasteiger partial charge in [-0.25, -0.2) is 4.39 Å². The van der Waals surface area contributed by atoms with Gasteiger partial charge >= 0.3 is 0 Å². The summed E-state index contributed by atoms with van der Waals surface area (Å²) >= 11 is 0. The van der Waals surface area contributed by atoms with Crippen molar-refractivity contribution in [3.05, 3.63) is 95.9 Å². The fourth-order valence-electron chi connectivity index (χ4n) is 3.22. The molecule has 150 valence electrons. The van der Waals surface area contributed by atoms with Crippen LogP contribution in [0.2, 0.25) is 0 Å². The molecular formula is C24H20FN3O2. The number of rotatable bonds is 6. The fourth-order valence-corrected chi connectivity index (χ4v) is 3.22. The lowest BCUT2D eigenvalue weighted by molar-refractivity contribution is 0.102. The Hall–Kier alpha value is -3.93. The van der Waals surface area contributed by atoms with E-state index in [-0.39, 0.29) is 11.7 Å². The molecule has 5 nitrogen and oxygen atoms in total. The quantitative estimate of drug-likeness (QED) is 0.463. The summed E-state index contributed by atoms with van der Waals surface area (Å²) in [6.07, 6.45) is 1.70. The number of ether oxygens (including phenoxy) is 1. The van der Waals surface area contributed by atoms with Gasteiger partial charge in [-0.3, -0.25) is 9.78 Å². The van der Waals surface area contributed by atoms with Crippen LogP contribution in [0.15, 0.2) is 79.0 Å². The van der Waals surface area contributed by atoms with E-state index in [9.17, 15) is 9.18 Å². The SMILES string of the molecule is COc1ccc(F)cc1CNc1ccc(C(=O)Nc2cccc3cccnc23)cc1. The van der Waals surface area contributed by atoms with E-state index >= 15 is 0 Å². The van der Waals surface area contributed by atoms with E-state index in [0.717, 1.165) is 16.6 Å². The van der Waals surface area contributed by atoms with Gasteiger partial charge in [0.25, 0.3) is 5.91 Å². The molecule has 6 heteroatoms.